The predicted octanol–water partition coefficient (Wildman–Crippen LogP) is 12.7. The van der Waals surface area contributed by atoms with Gasteiger partial charge in [-0.3, -0.25) is 24.0 Å². The summed E-state index contributed by atoms with van der Waals surface area (Å²) >= 11 is 1.21. The van der Waals surface area contributed by atoms with E-state index in [1.165, 1.54) is 127 Å². The van der Waals surface area contributed by atoms with Crippen LogP contribution in [0.5, 0.6) is 0 Å². The Morgan fingerprint density at radius 1 is 0.479 bits per heavy atom. The monoisotopic (exact) mass is 1060 g/mol. The van der Waals surface area contributed by atoms with Gasteiger partial charge in [-0.1, -0.05) is 168 Å². The lowest BCUT2D eigenvalue weighted by Gasteiger charge is -2.26. The summed E-state index contributed by atoms with van der Waals surface area (Å²) in [6.07, 6.45) is 28.8. The van der Waals surface area contributed by atoms with Crippen molar-refractivity contribution in [2.75, 3.05) is 24.7 Å². The molecule has 73 heavy (non-hydrogen) atoms. The van der Waals surface area contributed by atoms with Gasteiger partial charge < -0.3 is 39.6 Å². The average molecular weight is 1060 g/mol. The SMILES string of the molecule is CCCCCCCCCCCCCCCC(=O)OC[C@H](CSC[C@H](NC(=O)CC[C@H](NC(=O)OC(C)(C)C)C(=O)OC(C)(C)C)C(=O)NCC(=O)OC(C)C)OC(=O)CCCCCCCCCCCCCCC. The molecule has 0 saturated heterocycles. The second-order valence-corrected chi connectivity index (χ2v) is 23.0. The number of amides is 3. The Morgan fingerprint density at radius 2 is 0.918 bits per heavy atom. The summed E-state index contributed by atoms with van der Waals surface area (Å²) in [6.45, 7) is 17.3. The van der Waals surface area contributed by atoms with Crippen LogP contribution in [0.3, 0.4) is 0 Å². The van der Waals surface area contributed by atoms with Gasteiger partial charge >= 0.3 is 30.0 Å². The van der Waals surface area contributed by atoms with Crippen molar-refractivity contribution in [3.63, 3.8) is 0 Å². The van der Waals surface area contributed by atoms with Crippen molar-refractivity contribution in [3.05, 3.63) is 0 Å². The maximum atomic E-state index is 13.5. The zero-order valence-electron chi connectivity index (χ0n) is 47.7. The first kappa shape index (κ1) is 69.4. The van der Waals surface area contributed by atoms with Crippen molar-refractivity contribution in [2.24, 2.45) is 0 Å². The topological polar surface area (TPSA) is 202 Å². The highest BCUT2D eigenvalue weighted by Crippen LogP contribution is 2.18. The zero-order chi connectivity index (χ0) is 54.8. The van der Waals surface area contributed by atoms with E-state index in [1.807, 2.05) is 0 Å². The molecule has 16 heteroatoms. The molecule has 0 bridgehead atoms. The molecule has 0 radical (unpaired) electrons. The van der Waals surface area contributed by atoms with Gasteiger partial charge in [0.05, 0.1) is 6.10 Å². The van der Waals surface area contributed by atoms with Crippen LogP contribution in [0, 0.1) is 0 Å². The molecule has 3 N–H and O–H groups in total. The number of carbonyl (C=O) groups is 7. The molecular weight excluding hydrogens is 951 g/mol. The molecule has 0 rings (SSSR count). The van der Waals surface area contributed by atoms with E-state index < -0.39 is 77.9 Å². The highest BCUT2D eigenvalue weighted by Gasteiger charge is 2.30. The maximum absolute atomic E-state index is 13.5. The molecular formula is C57H105N3O12S. The smallest absolute Gasteiger partial charge is 0.408 e. The van der Waals surface area contributed by atoms with Crippen LogP contribution in [0.1, 0.15) is 262 Å². The van der Waals surface area contributed by atoms with Crippen LogP contribution in [-0.2, 0) is 52.5 Å². The Hall–Kier alpha value is -3.56. The molecule has 0 heterocycles. The molecule has 0 aromatic carbocycles. The molecule has 0 saturated carbocycles. The Labute approximate surface area is 447 Å². The van der Waals surface area contributed by atoms with Crippen molar-refractivity contribution in [2.45, 2.75) is 297 Å². The molecule has 0 aliphatic rings. The van der Waals surface area contributed by atoms with Crippen LogP contribution in [-0.4, -0.2) is 102 Å². The summed E-state index contributed by atoms with van der Waals surface area (Å²) in [5.74, 6) is -3.34. The molecule has 0 aromatic heterocycles. The van der Waals surface area contributed by atoms with E-state index in [-0.39, 0.29) is 49.8 Å². The van der Waals surface area contributed by atoms with Crippen LogP contribution >= 0.6 is 11.8 Å². The lowest BCUT2D eigenvalue weighted by molar-refractivity contribution is -0.158. The van der Waals surface area contributed by atoms with Crippen molar-refractivity contribution in [3.8, 4) is 0 Å². The lowest BCUT2D eigenvalue weighted by Crippen LogP contribution is -2.50. The molecule has 0 aliphatic heterocycles. The van der Waals surface area contributed by atoms with E-state index in [2.05, 4.69) is 29.8 Å². The number of nitrogens with one attached hydrogen (secondary N) is 3. The molecule has 0 spiro atoms. The highest BCUT2D eigenvalue weighted by atomic mass is 32.2. The normalized spacial score (nSPS) is 12.9. The minimum Gasteiger partial charge on any atom is -0.462 e. The Kier molecular flexibility index (Phi) is 41.5. The maximum Gasteiger partial charge on any atom is 0.408 e. The quantitative estimate of drug-likeness (QED) is 0.0296. The van der Waals surface area contributed by atoms with E-state index in [9.17, 15) is 33.6 Å². The first-order chi connectivity index (χ1) is 34.6. The number of esters is 4. The summed E-state index contributed by atoms with van der Waals surface area (Å²) in [5.41, 5.74) is -1.73. The third-order valence-electron chi connectivity index (χ3n) is 11.8. The van der Waals surface area contributed by atoms with Gasteiger partial charge in [0.1, 0.15) is 42.5 Å². The van der Waals surface area contributed by atoms with Crippen LogP contribution in [0.4, 0.5) is 4.79 Å². The zero-order valence-corrected chi connectivity index (χ0v) is 48.5. The summed E-state index contributed by atoms with van der Waals surface area (Å²) in [6, 6.07) is -2.42. The van der Waals surface area contributed by atoms with Crippen LogP contribution < -0.4 is 16.0 Å². The van der Waals surface area contributed by atoms with Crippen molar-refractivity contribution in [1.82, 2.24) is 16.0 Å². The van der Waals surface area contributed by atoms with Crippen LogP contribution in [0.15, 0.2) is 0 Å². The van der Waals surface area contributed by atoms with Crippen LogP contribution in [0.2, 0.25) is 0 Å². The molecule has 15 nitrogen and oxygen atoms in total. The molecule has 0 aliphatic carbocycles. The largest absolute Gasteiger partial charge is 0.462 e. The summed E-state index contributed by atoms with van der Waals surface area (Å²) in [4.78, 5) is 91.2. The molecule has 3 atom stereocenters. The Balaban J connectivity index is 5.65. The van der Waals surface area contributed by atoms with Crippen LogP contribution in [0.25, 0.3) is 0 Å². The minimum absolute atomic E-state index is 0.0116. The molecule has 0 unspecified atom stereocenters. The lowest BCUT2D eigenvalue weighted by atomic mass is 10.0. The second-order valence-electron chi connectivity index (χ2n) is 22.0. The third kappa shape index (κ3) is 45.6. The first-order valence-corrected chi connectivity index (χ1v) is 29.7. The molecule has 0 aromatic rings. The number of hydrogen-bond donors (Lipinski definition) is 3. The fourth-order valence-electron chi connectivity index (χ4n) is 7.89. The highest BCUT2D eigenvalue weighted by molar-refractivity contribution is 7.99. The molecule has 0 fully saturated rings. The van der Waals surface area contributed by atoms with E-state index >= 15 is 0 Å². The van der Waals surface area contributed by atoms with E-state index in [0.29, 0.717) is 12.8 Å². The molecule has 426 valence electrons. The standard InChI is InChI=1S/C57H105N3O12S/c1-11-13-15-17-19-21-23-25-27-29-31-33-35-37-50(62)68-42-46(70-51(63)38-36-34-32-30-28-26-24-22-20-18-16-14-12-2)43-73-44-48(53(65)58-41-52(64)69-45(3)4)59-49(61)40-39-47(54(66)71-56(5,6)7)60-55(67)72-57(8,9)10/h45-48H,11-44H2,1-10H3,(H,58,65)(H,59,61)(H,60,67)/t46-,47+,48+/m1/s1. The van der Waals surface area contributed by atoms with Gasteiger partial charge in [-0.05, 0) is 74.7 Å². The van der Waals surface area contributed by atoms with E-state index in [4.69, 9.17) is 23.7 Å². The van der Waals surface area contributed by atoms with Crippen molar-refractivity contribution in [1.29, 1.82) is 0 Å². The summed E-state index contributed by atoms with van der Waals surface area (Å²) in [5, 5.41) is 7.72. The van der Waals surface area contributed by atoms with Gasteiger partial charge in [0.15, 0.2) is 0 Å². The first-order valence-electron chi connectivity index (χ1n) is 28.6. The fraction of sp³-hybridized carbons (Fsp3) is 0.877. The molecule has 3 amide bonds. The van der Waals surface area contributed by atoms with E-state index in [0.717, 1.165) is 38.5 Å². The number of thioether (sulfide) groups is 1. The number of alkyl carbamates (subject to hydrolysis) is 1. The van der Waals surface area contributed by atoms with Crippen molar-refractivity contribution < 1.29 is 57.2 Å². The Morgan fingerprint density at radius 3 is 1.36 bits per heavy atom. The number of ether oxygens (including phenoxy) is 5. The number of rotatable bonds is 45. The third-order valence-corrected chi connectivity index (χ3v) is 12.9. The minimum atomic E-state index is -1.24. The second kappa shape index (κ2) is 43.7. The van der Waals surface area contributed by atoms with E-state index in [1.54, 1.807) is 55.4 Å². The van der Waals surface area contributed by atoms with Gasteiger partial charge in [-0.25, -0.2) is 9.59 Å². The van der Waals surface area contributed by atoms with Gasteiger partial charge in [0.25, 0.3) is 0 Å². The fourth-order valence-corrected chi connectivity index (χ4v) is 8.93. The van der Waals surface area contributed by atoms with Crippen molar-refractivity contribution >= 4 is 53.5 Å². The van der Waals surface area contributed by atoms with Gasteiger partial charge in [-0.2, -0.15) is 11.8 Å². The summed E-state index contributed by atoms with van der Waals surface area (Å²) in [7, 11) is 0. The number of carbonyl (C=O) groups excluding carboxylic acids is 7. The van der Waals surface area contributed by atoms with Gasteiger partial charge in [0, 0.05) is 30.8 Å². The van der Waals surface area contributed by atoms with Gasteiger partial charge in [-0.15, -0.1) is 0 Å². The van der Waals surface area contributed by atoms with Gasteiger partial charge in [0.2, 0.25) is 11.8 Å². The predicted molar refractivity (Wildman–Crippen MR) is 293 cm³/mol. The average Bonchev–Trinajstić information content (AvgIpc) is 3.29. The Bertz CT molecular complexity index is 1500. The number of unbranched alkanes of at least 4 members (excludes halogenated alkanes) is 24. The number of hydrogen-bond acceptors (Lipinski definition) is 13. The summed E-state index contributed by atoms with van der Waals surface area (Å²) < 4.78 is 27.5.